The van der Waals surface area contributed by atoms with Gasteiger partial charge in [-0.3, -0.25) is 0 Å². The number of hydrogen-bond acceptors (Lipinski definition) is 3. The number of rotatable bonds is 3. The van der Waals surface area contributed by atoms with Crippen LogP contribution in [0.1, 0.15) is 5.56 Å². The Kier molecular flexibility index (Phi) is 3.77. The Balaban J connectivity index is 3.43. The van der Waals surface area contributed by atoms with Crippen molar-refractivity contribution in [3.8, 4) is 0 Å². The summed E-state index contributed by atoms with van der Waals surface area (Å²) in [6.07, 6.45) is -4.91. The van der Waals surface area contributed by atoms with Crippen molar-refractivity contribution >= 4 is 5.97 Å². The fourth-order valence-electron chi connectivity index (χ4n) is 1.53. The van der Waals surface area contributed by atoms with E-state index in [0.717, 1.165) is 26.4 Å². The van der Waals surface area contributed by atoms with E-state index < -0.39 is 17.7 Å². The van der Waals surface area contributed by atoms with E-state index in [-0.39, 0.29) is 5.56 Å². The molecule has 1 aromatic rings. The van der Waals surface area contributed by atoms with Gasteiger partial charge >= 0.3 is 12.1 Å². The summed E-state index contributed by atoms with van der Waals surface area (Å²) < 4.78 is 47.9. The first kappa shape index (κ1) is 13.5. The fourth-order valence-corrected chi connectivity index (χ4v) is 1.53. The summed E-state index contributed by atoms with van der Waals surface area (Å²) in [5.74, 6) is -1.50. The van der Waals surface area contributed by atoms with E-state index in [2.05, 4.69) is 9.47 Å². The smallest absolute Gasteiger partial charge is 0.432 e. The van der Waals surface area contributed by atoms with Crippen LogP contribution in [0.15, 0.2) is 30.3 Å². The standard InChI is InChI=1S/C11H11F3O3/c1-16-9(15)10(17-2,11(12,13)14)8-6-4-3-5-7-8/h3-7H,1-2H3/t10-/m0/s1. The zero-order valence-corrected chi connectivity index (χ0v) is 9.25. The van der Waals surface area contributed by atoms with E-state index in [1.54, 1.807) is 0 Å². The quantitative estimate of drug-likeness (QED) is 0.770. The van der Waals surface area contributed by atoms with Gasteiger partial charge in [0.15, 0.2) is 0 Å². The van der Waals surface area contributed by atoms with Gasteiger partial charge in [-0.15, -0.1) is 0 Å². The van der Waals surface area contributed by atoms with E-state index in [4.69, 9.17) is 0 Å². The Hall–Kier alpha value is -1.56. The zero-order valence-electron chi connectivity index (χ0n) is 9.25. The number of benzene rings is 1. The van der Waals surface area contributed by atoms with Crippen molar-refractivity contribution in [3.63, 3.8) is 0 Å². The first-order valence-corrected chi connectivity index (χ1v) is 4.66. The number of hydrogen-bond donors (Lipinski definition) is 0. The third-order valence-corrected chi connectivity index (χ3v) is 2.36. The van der Waals surface area contributed by atoms with E-state index in [1.165, 1.54) is 18.2 Å². The van der Waals surface area contributed by atoms with Crippen molar-refractivity contribution in [2.24, 2.45) is 0 Å². The number of methoxy groups -OCH3 is 2. The van der Waals surface area contributed by atoms with Gasteiger partial charge in [0.2, 0.25) is 0 Å². The first-order chi connectivity index (χ1) is 7.90. The SMILES string of the molecule is COC(=O)[C@@](OC)(c1ccccc1)C(F)(F)F. The Morgan fingerprint density at radius 2 is 1.65 bits per heavy atom. The second-order valence-corrected chi connectivity index (χ2v) is 3.24. The van der Waals surface area contributed by atoms with Crippen LogP contribution in [0.3, 0.4) is 0 Å². The number of carbonyl (C=O) groups excluding carboxylic acids is 1. The Bertz CT molecular complexity index is 389. The monoisotopic (exact) mass is 248 g/mol. The molecule has 6 heteroatoms. The van der Waals surface area contributed by atoms with Gasteiger partial charge in [0.05, 0.1) is 7.11 Å². The molecular formula is C11H11F3O3. The van der Waals surface area contributed by atoms with Gasteiger partial charge in [-0.25, -0.2) is 4.79 Å². The topological polar surface area (TPSA) is 35.5 Å². The molecule has 0 heterocycles. The lowest BCUT2D eigenvalue weighted by molar-refractivity contribution is -0.275. The highest BCUT2D eigenvalue weighted by Crippen LogP contribution is 2.42. The van der Waals surface area contributed by atoms with Gasteiger partial charge in [-0.05, 0) is 0 Å². The highest BCUT2D eigenvalue weighted by Gasteiger charge is 2.63. The summed E-state index contributed by atoms with van der Waals surface area (Å²) in [5.41, 5.74) is -3.40. The summed E-state index contributed by atoms with van der Waals surface area (Å²) >= 11 is 0. The summed E-state index contributed by atoms with van der Waals surface area (Å²) in [7, 11) is 1.70. The lowest BCUT2D eigenvalue weighted by Gasteiger charge is -2.31. The Morgan fingerprint density at radius 3 is 2.00 bits per heavy atom. The molecule has 0 fully saturated rings. The summed E-state index contributed by atoms with van der Waals surface area (Å²) in [6.45, 7) is 0. The normalized spacial score (nSPS) is 15.1. The van der Waals surface area contributed by atoms with E-state index in [1.807, 2.05) is 0 Å². The number of carbonyl (C=O) groups is 1. The van der Waals surface area contributed by atoms with Crippen LogP contribution in [-0.2, 0) is 19.9 Å². The largest absolute Gasteiger partial charge is 0.466 e. The van der Waals surface area contributed by atoms with Crippen molar-refractivity contribution in [2.45, 2.75) is 11.8 Å². The molecule has 0 amide bonds. The lowest BCUT2D eigenvalue weighted by atomic mass is 9.93. The summed E-state index contributed by atoms with van der Waals surface area (Å²) in [5, 5.41) is 0. The minimum atomic E-state index is -4.91. The van der Waals surface area contributed by atoms with Gasteiger partial charge in [0.25, 0.3) is 5.60 Å². The molecule has 0 saturated carbocycles. The van der Waals surface area contributed by atoms with Gasteiger partial charge in [-0.2, -0.15) is 13.2 Å². The van der Waals surface area contributed by atoms with Crippen LogP contribution in [0, 0.1) is 0 Å². The molecule has 94 valence electrons. The second kappa shape index (κ2) is 4.75. The van der Waals surface area contributed by atoms with Gasteiger partial charge in [0.1, 0.15) is 0 Å². The minimum Gasteiger partial charge on any atom is -0.466 e. The second-order valence-electron chi connectivity index (χ2n) is 3.24. The lowest BCUT2D eigenvalue weighted by Crippen LogP contribution is -2.51. The molecule has 0 N–H and O–H groups in total. The van der Waals surface area contributed by atoms with Crippen LogP contribution in [0.5, 0.6) is 0 Å². The van der Waals surface area contributed by atoms with Crippen LogP contribution in [0.25, 0.3) is 0 Å². The molecule has 3 nitrogen and oxygen atoms in total. The van der Waals surface area contributed by atoms with Gasteiger partial charge in [0, 0.05) is 12.7 Å². The van der Waals surface area contributed by atoms with Crippen molar-refractivity contribution in [1.82, 2.24) is 0 Å². The Morgan fingerprint density at radius 1 is 1.12 bits per heavy atom. The van der Waals surface area contributed by atoms with Crippen LogP contribution in [-0.4, -0.2) is 26.4 Å². The molecule has 1 atom stereocenters. The van der Waals surface area contributed by atoms with Gasteiger partial charge < -0.3 is 9.47 Å². The molecule has 0 aliphatic carbocycles. The zero-order chi connectivity index (χ0) is 13.1. The van der Waals surface area contributed by atoms with Crippen LogP contribution < -0.4 is 0 Å². The molecule has 0 spiro atoms. The molecule has 1 rings (SSSR count). The average molecular weight is 248 g/mol. The molecule has 0 bridgehead atoms. The summed E-state index contributed by atoms with van der Waals surface area (Å²) in [4.78, 5) is 11.4. The maximum absolute atomic E-state index is 13.1. The van der Waals surface area contributed by atoms with Crippen molar-refractivity contribution < 1.29 is 27.4 Å². The fraction of sp³-hybridized carbons (Fsp3) is 0.364. The molecule has 0 unspecified atom stereocenters. The average Bonchev–Trinajstić information content (AvgIpc) is 2.30. The third kappa shape index (κ3) is 2.12. The molecule has 1 aromatic carbocycles. The molecule has 0 aliphatic rings. The maximum atomic E-state index is 13.1. The van der Waals surface area contributed by atoms with E-state index in [0.29, 0.717) is 0 Å². The van der Waals surface area contributed by atoms with E-state index in [9.17, 15) is 18.0 Å². The highest BCUT2D eigenvalue weighted by atomic mass is 19.4. The predicted octanol–water partition coefficient (Wildman–Crippen LogP) is 2.26. The molecule has 0 aromatic heterocycles. The van der Waals surface area contributed by atoms with Crippen molar-refractivity contribution in [3.05, 3.63) is 35.9 Å². The maximum Gasteiger partial charge on any atom is 0.432 e. The van der Waals surface area contributed by atoms with Crippen molar-refractivity contribution in [1.29, 1.82) is 0 Å². The number of alkyl halides is 3. The predicted molar refractivity (Wildman–Crippen MR) is 53.2 cm³/mol. The minimum absolute atomic E-state index is 0.318. The molecule has 0 radical (unpaired) electrons. The van der Waals surface area contributed by atoms with Crippen molar-refractivity contribution in [2.75, 3.05) is 14.2 Å². The third-order valence-electron chi connectivity index (χ3n) is 2.36. The molecule has 0 aliphatic heterocycles. The van der Waals surface area contributed by atoms with Crippen LogP contribution in [0.2, 0.25) is 0 Å². The molecule has 17 heavy (non-hydrogen) atoms. The molecule has 0 saturated heterocycles. The van der Waals surface area contributed by atoms with E-state index >= 15 is 0 Å². The number of halogens is 3. The van der Waals surface area contributed by atoms with Crippen LogP contribution >= 0.6 is 0 Å². The summed E-state index contributed by atoms with van der Waals surface area (Å²) in [6, 6.07) is 6.63. The number of ether oxygens (including phenoxy) is 2. The highest BCUT2D eigenvalue weighted by molar-refractivity contribution is 5.82. The van der Waals surface area contributed by atoms with Gasteiger partial charge in [-0.1, -0.05) is 30.3 Å². The molecular weight excluding hydrogens is 237 g/mol. The van der Waals surface area contributed by atoms with Crippen LogP contribution in [0.4, 0.5) is 13.2 Å². The first-order valence-electron chi connectivity index (χ1n) is 4.66. The Labute approximate surface area is 96.1 Å². The number of esters is 1.